The topological polar surface area (TPSA) is 60.1 Å². The molecular formula is C21H22N4O2. The smallest absolute Gasteiger partial charge is 0.259 e. The van der Waals surface area contributed by atoms with Crippen molar-refractivity contribution in [2.45, 2.75) is 12.8 Å². The fourth-order valence-corrected chi connectivity index (χ4v) is 3.72. The Kier molecular flexibility index (Phi) is 4.62. The molecule has 1 fully saturated rings. The first-order valence-corrected chi connectivity index (χ1v) is 9.19. The van der Waals surface area contributed by atoms with Crippen molar-refractivity contribution in [2.75, 3.05) is 13.1 Å². The van der Waals surface area contributed by atoms with Crippen LogP contribution in [-0.4, -0.2) is 44.0 Å². The number of hydrogen-bond acceptors (Lipinski definition) is 3. The summed E-state index contributed by atoms with van der Waals surface area (Å²) in [6.07, 6.45) is 6.81. The molecule has 6 heteroatoms. The standard InChI is InChI=1S/C21H22N4O2/c1-23-20(24-11-5-6-12-24)18(15-22-23)21(27)25-13-9-17(10-14-25)19(26)16-7-3-2-4-8-16/h2-8,11-12,15,17H,9-10,13-14H2,1H3. The SMILES string of the molecule is Cn1ncc(C(=O)N2CCC(C(=O)c3ccccc3)CC2)c1-n1cccc1. The molecule has 27 heavy (non-hydrogen) atoms. The zero-order valence-electron chi connectivity index (χ0n) is 15.3. The van der Waals surface area contributed by atoms with E-state index in [4.69, 9.17) is 0 Å². The molecule has 6 nitrogen and oxygen atoms in total. The van der Waals surface area contributed by atoms with Crippen molar-refractivity contribution < 1.29 is 9.59 Å². The maximum Gasteiger partial charge on any atom is 0.259 e. The Morgan fingerprint density at radius 2 is 1.67 bits per heavy atom. The first-order chi connectivity index (χ1) is 13.1. The van der Waals surface area contributed by atoms with Crippen LogP contribution in [-0.2, 0) is 7.05 Å². The summed E-state index contributed by atoms with van der Waals surface area (Å²) in [6.45, 7) is 1.17. The summed E-state index contributed by atoms with van der Waals surface area (Å²) >= 11 is 0. The van der Waals surface area contributed by atoms with E-state index in [9.17, 15) is 9.59 Å². The number of hydrogen-bond donors (Lipinski definition) is 0. The Hall–Kier alpha value is -3.15. The molecule has 1 aliphatic rings. The van der Waals surface area contributed by atoms with E-state index < -0.39 is 0 Å². The van der Waals surface area contributed by atoms with Gasteiger partial charge in [-0.2, -0.15) is 5.10 Å². The molecule has 1 aromatic carbocycles. The van der Waals surface area contributed by atoms with Gasteiger partial charge in [-0.1, -0.05) is 30.3 Å². The van der Waals surface area contributed by atoms with Crippen molar-refractivity contribution in [3.8, 4) is 5.82 Å². The van der Waals surface area contributed by atoms with Crippen LogP contribution in [0.2, 0.25) is 0 Å². The monoisotopic (exact) mass is 362 g/mol. The van der Waals surface area contributed by atoms with Gasteiger partial charge >= 0.3 is 0 Å². The van der Waals surface area contributed by atoms with Crippen LogP contribution in [0.4, 0.5) is 0 Å². The van der Waals surface area contributed by atoms with Crippen molar-refractivity contribution in [2.24, 2.45) is 13.0 Å². The molecule has 0 N–H and O–H groups in total. The minimum atomic E-state index is -0.0302. The number of ketones is 1. The van der Waals surface area contributed by atoms with E-state index in [0.29, 0.717) is 31.5 Å². The maximum absolute atomic E-state index is 13.0. The maximum atomic E-state index is 13.0. The lowest BCUT2D eigenvalue weighted by Gasteiger charge is -2.31. The highest BCUT2D eigenvalue weighted by atomic mass is 16.2. The number of aryl methyl sites for hydroxylation is 1. The van der Waals surface area contributed by atoms with Crippen LogP contribution >= 0.6 is 0 Å². The largest absolute Gasteiger partial charge is 0.338 e. The number of nitrogens with zero attached hydrogens (tertiary/aromatic N) is 4. The van der Waals surface area contributed by atoms with E-state index >= 15 is 0 Å². The Bertz CT molecular complexity index is 936. The molecule has 0 spiro atoms. The van der Waals surface area contributed by atoms with Crippen LogP contribution in [0.1, 0.15) is 33.6 Å². The Morgan fingerprint density at radius 1 is 1.00 bits per heavy atom. The molecule has 0 aliphatic carbocycles. The van der Waals surface area contributed by atoms with E-state index in [0.717, 1.165) is 11.4 Å². The molecule has 2 aromatic heterocycles. The summed E-state index contributed by atoms with van der Waals surface area (Å²) in [5.74, 6) is 0.885. The van der Waals surface area contributed by atoms with E-state index in [2.05, 4.69) is 5.10 Å². The van der Waals surface area contributed by atoms with Gasteiger partial charge in [-0.15, -0.1) is 0 Å². The van der Waals surface area contributed by atoms with Crippen molar-refractivity contribution in [1.82, 2.24) is 19.2 Å². The fourth-order valence-electron chi connectivity index (χ4n) is 3.72. The predicted molar refractivity (Wildman–Crippen MR) is 102 cm³/mol. The van der Waals surface area contributed by atoms with Gasteiger partial charge in [-0.25, -0.2) is 0 Å². The van der Waals surface area contributed by atoms with Crippen molar-refractivity contribution >= 4 is 11.7 Å². The number of piperidine rings is 1. The van der Waals surface area contributed by atoms with Gasteiger partial charge < -0.3 is 9.47 Å². The Balaban J connectivity index is 1.46. The highest BCUT2D eigenvalue weighted by Gasteiger charge is 2.30. The van der Waals surface area contributed by atoms with Crippen LogP contribution in [0.3, 0.4) is 0 Å². The van der Waals surface area contributed by atoms with Crippen LogP contribution in [0.15, 0.2) is 61.1 Å². The zero-order chi connectivity index (χ0) is 18.8. The lowest BCUT2D eigenvalue weighted by atomic mass is 9.89. The molecule has 3 aromatic rings. The molecular weight excluding hydrogens is 340 g/mol. The van der Waals surface area contributed by atoms with Gasteiger partial charge in [0.1, 0.15) is 11.4 Å². The predicted octanol–water partition coefficient (Wildman–Crippen LogP) is 2.95. The number of aromatic nitrogens is 3. The van der Waals surface area contributed by atoms with E-state index in [1.165, 1.54) is 0 Å². The number of amides is 1. The molecule has 1 amide bonds. The highest BCUT2D eigenvalue weighted by Crippen LogP contribution is 2.24. The van der Waals surface area contributed by atoms with E-state index in [-0.39, 0.29) is 17.6 Å². The first kappa shape index (κ1) is 17.3. The second-order valence-corrected chi connectivity index (χ2v) is 6.89. The average Bonchev–Trinajstić information content (AvgIpc) is 3.37. The minimum Gasteiger partial charge on any atom is -0.338 e. The number of benzene rings is 1. The third-order valence-corrected chi connectivity index (χ3v) is 5.20. The number of carbonyl (C=O) groups excluding carboxylic acids is 2. The van der Waals surface area contributed by atoms with Gasteiger partial charge in [0.15, 0.2) is 5.78 Å². The molecule has 1 aliphatic heterocycles. The number of Topliss-reactive ketones (excluding diaryl/α,β-unsaturated/α-hetero) is 1. The van der Waals surface area contributed by atoms with Gasteiger partial charge in [0.05, 0.1) is 6.20 Å². The van der Waals surface area contributed by atoms with Gasteiger partial charge in [0.2, 0.25) is 0 Å². The van der Waals surface area contributed by atoms with Crippen LogP contribution in [0.5, 0.6) is 0 Å². The number of rotatable bonds is 4. The molecule has 3 heterocycles. The summed E-state index contributed by atoms with van der Waals surface area (Å²) < 4.78 is 3.60. The summed E-state index contributed by atoms with van der Waals surface area (Å²) in [5, 5.41) is 4.27. The second-order valence-electron chi connectivity index (χ2n) is 6.89. The summed E-state index contributed by atoms with van der Waals surface area (Å²) in [5.41, 5.74) is 1.34. The van der Waals surface area contributed by atoms with E-state index in [1.54, 1.807) is 10.9 Å². The van der Waals surface area contributed by atoms with Crippen molar-refractivity contribution in [1.29, 1.82) is 0 Å². The summed E-state index contributed by atoms with van der Waals surface area (Å²) in [7, 11) is 1.83. The lowest BCUT2D eigenvalue weighted by molar-refractivity contribution is 0.0650. The lowest BCUT2D eigenvalue weighted by Crippen LogP contribution is -2.40. The van der Waals surface area contributed by atoms with Gasteiger partial charge in [0, 0.05) is 44.0 Å². The Labute approximate surface area is 158 Å². The normalized spacial score (nSPS) is 15.1. The van der Waals surface area contributed by atoms with Gasteiger partial charge in [-0.3, -0.25) is 14.3 Å². The molecule has 0 saturated carbocycles. The third kappa shape index (κ3) is 3.30. The molecule has 4 rings (SSSR count). The quantitative estimate of drug-likeness (QED) is 0.671. The van der Waals surface area contributed by atoms with E-state index in [1.807, 2.05) is 71.4 Å². The van der Waals surface area contributed by atoms with Gasteiger partial charge in [-0.05, 0) is 25.0 Å². The number of likely N-dealkylation sites (tertiary alicyclic amines) is 1. The summed E-state index contributed by atoms with van der Waals surface area (Å²) in [6, 6.07) is 13.2. The zero-order valence-corrected chi connectivity index (χ0v) is 15.3. The molecule has 0 unspecified atom stereocenters. The first-order valence-electron chi connectivity index (χ1n) is 9.19. The molecule has 0 radical (unpaired) electrons. The average molecular weight is 362 g/mol. The van der Waals surface area contributed by atoms with Crippen LogP contribution in [0.25, 0.3) is 5.82 Å². The third-order valence-electron chi connectivity index (χ3n) is 5.20. The highest BCUT2D eigenvalue weighted by molar-refractivity contribution is 5.99. The molecule has 0 bridgehead atoms. The number of carbonyl (C=O) groups is 2. The van der Waals surface area contributed by atoms with Crippen LogP contribution in [0, 0.1) is 5.92 Å². The van der Waals surface area contributed by atoms with Crippen LogP contribution < -0.4 is 0 Å². The summed E-state index contributed by atoms with van der Waals surface area (Å²) in [4.78, 5) is 27.5. The molecule has 1 saturated heterocycles. The second kappa shape index (κ2) is 7.23. The molecule has 0 atom stereocenters. The van der Waals surface area contributed by atoms with Gasteiger partial charge in [0.25, 0.3) is 5.91 Å². The van der Waals surface area contributed by atoms with Crippen molar-refractivity contribution in [3.63, 3.8) is 0 Å². The minimum absolute atomic E-state index is 0.0192. The fraction of sp³-hybridized carbons (Fsp3) is 0.286. The van der Waals surface area contributed by atoms with Crippen molar-refractivity contribution in [3.05, 3.63) is 72.2 Å². The molecule has 138 valence electrons. The Morgan fingerprint density at radius 3 is 2.33 bits per heavy atom.